The van der Waals surface area contributed by atoms with Crippen molar-refractivity contribution < 1.29 is 14.0 Å². The quantitative estimate of drug-likeness (QED) is 0.616. The van der Waals surface area contributed by atoms with Gasteiger partial charge in [-0.2, -0.15) is 0 Å². The molecule has 0 radical (unpaired) electrons. The maximum Gasteiger partial charge on any atom is 0.231 e. The van der Waals surface area contributed by atoms with Crippen molar-refractivity contribution in [1.82, 2.24) is 5.16 Å². The maximum absolute atomic E-state index is 5.33. The van der Waals surface area contributed by atoms with Gasteiger partial charge >= 0.3 is 0 Å². The predicted octanol–water partition coefficient (Wildman–Crippen LogP) is 1.86. The third-order valence-corrected chi connectivity index (χ3v) is 2.14. The molecule has 0 fully saturated rings. The van der Waals surface area contributed by atoms with Gasteiger partial charge in [-0.3, -0.25) is 0 Å². The van der Waals surface area contributed by atoms with Crippen LogP contribution in [-0.4, -0.2) is 11.9 Å². The van der Waals surface area contributed by atoms with Crippen molar-refractivity contribution in [2.45, 2.75) is 6.92 Å². The van der Waals surface area contributed by atoms with Gasteiger partial charge in [-0.05, 0) is 19.1 Å². The van der Waals surface area contributed by atoms with Crippen molar-refractivity contribution in [3.05, 3.63) is 17.8 Å². The number of rotatable bonds is 0. The highest BCUT2D eigenvalue weighted by Crippen LogP contribution is 2.40. The number of ether oxygens (including phenoxy) is 2. The molecule has 0 N–H and O–H groups in total. The number of hydrogen-bond acceptors (Lipinski definition) is 4. The van der Waals surface area contributed by atoms with Gasteiger partial charge in [0.25, 0.3) is 0 Å². The van der Waals surface area contributed by atoms with E-state index in [1.165, 1.54) is 0 Å². The number of fused-ring (bicyclic) bond motifs is 3. The first-order valence-electron chi connectivity index (χ1n) is 4.01. The molecule has 0 aliphatic carbocycles. The van der Waals surface area contributed by atoms with Crippen LogP contribution in [0.3, 0.4) is 0 Å². The van der Waals surface area contributed by atoms with Crippen LogP contribution in [0.4, 0.5) is 0 Å². The molecular formula is C9H7NO3. The van der Waals surface area contributed by atoms with Crippen LogP contribution in [-0.2, 0) is 0 Å². The molecule has 13 heavy (non-hydrogen) atoms. The maximum atomic E-state index is 5.33. The number of benzene rings is 1. The highest BCUT2D eigenvalue weighted by atomic mass is 16.7. The molecule has 0 saturated carbocycles. The highest BCUT2D eigenvalue weighted by Gasteiger charge is 2.20. The van der Waals surface area contributed by atoms with E-state index in [0.717, 1.165) is 28.2 Å². The Kier molecular flexibility index (Phi) is 1.12. The zero-order chi connectivity index (χ0) is 8.84. The van der Waals surface area contributed by atoms with Crippen LogP contribution in [0.15, 0.2) is 16.7 Å². The first-order chi connectivity index (χ1) is 6.36. The topological polar surface area (TPSA) is 44.5 Å². The Morgan fingerprint density at radius 3 is 3.15 bits per heavy atom. The van der Waals surface area contributed by atoms with E-state index in [4.69, 9.17) is 14.0 Å². The summed E-state index contributed by atoms with van der Waals surface area (Å²) in [5.41, 5.74) is 1.57. The molecule has 4 heteroatoms. The molecule has 0 bridgehead atoms. The Morgan fingerprint density at radius 2 is 2.23 bits per heavy atom. The standard InChI is InChI=1S/C9H7NO3/c1-5-8-6(13-10-5)2-3-7-9(8)12-4-11-7/h2-3H,4H2,1H3. The van der Waals surface area contributed by atoms with Crippen molar-refractivity contribution in [1.29, 1.82) is 0 Å². The lowest BCUT2D eigenvalue weighted by Gasteiger charge is -1.95. The summed E-state index contributed by atoms with van der Waals surface area (Å²) in [5.74, 6) is 1.51. The molecule has 1 aliphatic heterocycles. The molecule has 0 unspecified atom stereocenters. The van der Waals surface area contributed by atoms with E-state index in [-0.39, 0.29) is 6.79 Å². The smallest absolute Gasteiger partial charge is 0.231 e. The second-order valence-corrected chi connectivity index (χ2v) is 2.94. The summed E-state index contributed by atoms with van der Waals surface area (Å²) in [6.07, 6.45) is 0. The molecule has 0 amide bonds. The van der Waals surface area contributed by atoms with Gasteiger partial charge < -0.3 is 14.0 Å². The number of aromatic nitrogens is 1. The SMILES string of the molecule is Cc1noc2ccc3c(c12)OCO3. The van der Waals surface area contributed by atoms with Gasteiger partial charge in [0.05, 0.1) is 11.1 Å². The van der Waals surface area contributed by atoms with Crippen molar-refractivity contribution >= 4 is 11.0 Å². The van der Waals surface area contributed by atoms with Gasteiger partial charge in [-0.1, -0.05) is 5.16 Å². The third-order valence-electron chi connectivity index (χ3n) is 2.14. The molecule has 4 nitrogen and oxygen atoms in total. The van der Waals surface area contributed by atoms with E-state index in [9.17, 15) is 0 Å². The average molecular weight is 177 g/mol. The van der Waals surface area contributed by atoms with Crippen LogP contribution in [0.25, 0.3) is 11.0 Å². The van der Waals surface area contributed by atoms with Crippen molar-refractivity contribution in [3.8, 4) is 11.5 Å². The van der Waals surface area contributed by atoms with Crippen LogP contribution in [0, 0.1) is 6.92 Å². The molecule has 0 atom stereocenters. The first-order valence-corrected chi connectivity index (χ1v) is 4.01. The Bertz CT molecular complexity index is 475. The van der Waals surface area contributed by atoms with E-state index in [0.29, 0.717) is 0 Å². The molecule has 1 aromatic heterocycles. The molecule has 2 heterocycles. The van der Waals surface area contributed by atoms with Gasteiger partial charge in [0.2, 0.25) is 6.79 Å². The van der Waals surface area contributed by atoms with E-state index in [1.807, 2.05) is 19.1 Å². The predicted molar refractivity (Wildman–Crippen MR) is 44.9 cm³/mol. The van der Waals surface area contributed by atoms with Crippen LogP contribution in [0.2, 0.25) is 0 Å². The average Bonchev–Trinajstić information content (AvgIpc) is 2.70. The fraction of sp³-hybridized carbons (Fsp3) is 0.222. The molecule has 2 aromatic rings. The normalized spacial score (nSPS) is 13.9. The van der Waals surface area contributed by atoms with E-state index in [2.05, 4.69) is 5.16 Å². The third kappa shape index (κ3) is 0.771. The molecule has 66 valence electrons. The van der Waals surface area contributed by atoms with Crippen molar-refractivity contribution in [3.63, 3.8) is 0 Å². The summed E-state index contributed by atoms with van der Waals surface area (Å²) < 4.78 is 15.7. The molecule has 0 spiro atoms. The summed E-state index contributed by atoms with van der Waals surface area (Å²) in [7, 11) is 0. The second-order valence-electron chi connectivity index (χ2n) is 2.94. The Hall–Kier alpha value is -1.71. The van der Waals surface area contributed by atoms with Gasteiger partial charge in [-0.15, -0.1) is 0 Å². The van der Waals surface area contributed by atoms with Gasteiger partial charge in [-0.25, -0.2) is 0 Å². The summed E-state index contributed by atoms with van der Waals surface area (Å²) in [6, 6.07) is 3.66. The summed E-state index contributed by atoms with van der Waals surface area (Å²) in [6.45, 7) is 2.16. The molecule has 1 aliphatic rings. The zero-order valence-electron chi connectivity index (χ0n) is 7.03. The Balaban J connectivity index is 2.47. The molecule has 1 aromatic carbocycles. The monoisotopic (exact) mass is 177 g/mol. The lowest BCUT2D eigenvalue weighted by molar-refractivity contribution is 0.175. The number of nitrogens with zero attached hydrogens (tertiary/aromatic N) is 1. The van der Waals surface area contributed by atoms with Gasteiger partial charge in [0.15, 0.2) is 17.1 Å². The first kappa shape index (κ1) is 6.77. The van der Waals surface area contributed by atoms with E-state index in [1.54, 1.807) is 0 Å². The fourth-order valence-electron chi connectivity index (χ4n) is 1.54. The summed E-state index contributed by atoms with van der Waals surface area (Å²) >= 11 is 0. The lowest BCUT2D eigenvalue weighted by Crippen LogP contribution is -1.93. The Labute approximate surface area is 74.0 Å². The van der Waals surface area contributed by atoms with E-state index >= 15 is 0 Å². The summed E-state index contributed by atoms with van der Waals surface area (Å²) in [4.78, 5) is 0. The van der Waals surface area contributed by atoms with Crippen LogP contribution in [0.1, 0.15) is 5.69 Å². The van der Waals surface area contributed by atoms with Crippen molar-refractivity contribution in [2.75, 3.05) is 6.79 Å². The van der Waals surface area contributed by atoms with Crippen LogP contribution in [0.5, 0.6) is 11.5 Å². The van der Waals surface area contributed by atoms with Gasteiger partial charge in [0.1, 0.15) is 0 Å². The fourth-order valence-corrected chi connectivity index (χ4v) is 1.54. The number of aryl methyl sites for hydroxylation is 1. The highest BCUT2D eigenvalue weighted by molar-refractivity contribution is 5.89. The van der Waals surface area contributed by atoms with Crippen molar-refractivity contribution in [2.24, 2.45) is 0 Å². The van der Waals surface area contributed by atoms with Gasteiger partial charge in [0, 0.05) is 0 Å². The lowest BCUT2D eigenvalue weighted by atomic mass is 10.2. The largest absolute Gasteiger partial charge is 0.454 e. The van der Waals surface area contributed by atoms with Crippen LogP contribution >= 0.6 is 0 Å². The second kappa shape index (κ2) is 2.16. The number of hydrogen-bond donors (Lipinski definition) is 0. The van der Waals surface area contributed by atoms with Crippen LogP contribution < -0.4 is 9.47 Å². The zero-order valence-corrected chi connectivity index (χ0v) is 7.03. The van der Waals surface area contributed by atoms with E-state index < -0.39 is 0 Å². The molecular weight excluding hydrogens is 170 g/mol. The minimum absolute atomic E-state index is 0.277. The molecule has 0 saturated heterocycles. The minimum atomic E-state index is 0.277. The molecule has 3 rings (SSSR count). The minimum Gasteiger partial charge on any atom is -0.454 e. The summed E-state index contributed by atoms with van der Waals surface area (Å²) in [5, 5.41) is 4.77. The Morgan fingerprint density at radius 1 is 1.31 bits per heavy atom.